The summed E-state index contributed by atoms with van der Waals surface area (Å²) < 4.78 is 12.0. The van der Waals surface area contributed by atoms with Crippen LogP contribution < -0.4 is 9.47 Å². The first-order valence-electron chi connectivity index (χ1n) is 10.2. The Bertz CT molecular complexity index is 817. The fraction of sp³-hybridized carbons (Fsp3) is 0.458. The highest BCUT2D eigenvalue weighted by atomic mass is 16.5. The lowest BCUT2D eigenvalue weighted by molar-refractivity contribution is 0.0792. The Morgan fingerprint density at radius 1 is 1.00 bits per heavy atom. The second-order valence-electron chi connectivity index (χ2n) is 8.29. The van der Waals surface area contributed by atoms with Gasteiger partial charge in [0.15, 0.2) is 0 Å². The minimum absolute atomic E-state index is 0.00703. The monoisotopic (exact) mass is 381 g/mol. The maximum absolute atomic E-state index is 12.8. The summed E-state index contributed by atoms with van der Waals surface area (Å²) >= 11 is 0. The molecule has 0 atom stereocenters. The molecule has 2 aromatic carbocycles. The number of nitrogens with zero attached hydrogens (tertiary/aromatic N) is 1. The number of benzene rings is 2. The molecule has 28 heavy (non-hydrogen) atoms. The van der Waals surface area contributed by atoms with Crippen molar-refractivity contribution in [2.75, 3.05) is 19.7 Å². The Kier molecular flexibility index (Phi) is 6.28. The van der Waals surface area contributed by atoms with Crippen LogP contribution in [0, 0.1) is 0 Å². The van der Waals surface area contributed by atoms with Gasteiger partial charge in [-0.15, -0.1) is 0 Å². The van der Waals surface area contributed by atoms with E-state index in [9.17, 15) is 4.79 Å². The number of carbonyl (C=O) groups is 1. The van der Waals surface area contributed by atoms with Gasteiger partial charge in [-0.3, -0.25) is 4.79 Å². The van der Waals surface area contributed by atoms with E-state index in [4.69, 9.17) is 9.47 Å². The molecule has 0 radical (unpaired) electrons. The average molecular weight is 382 g/mol. The predicted molar refractivity (Wildman–Crippen MR) is 112 cm³/mol. The Hall–Kier alpha value is -2.49. The number of rotatable bonds is 6. The number of hydrogen-bond donors (Lipinski definition) is 0. The van der Waals surface area contributed by atoms with Crippen molar-refractivity contribution < 1.29 is 14.3 Å². The zero-order valence-electron chi connectivity index (χ0n) is 17.5. The van der Waals surface area contributed by atoms with Gasteiger partial charge in [0.25, 0.3) is 5.91 Å². The number of likely N-dealkylation sites (tertiary alicyclic amines) is 1. The summed E-state index contributed by atoms with van der Waals surface area (Å²) in [6.45, 7) is 11.1. The Morgan fingerprint density at radius 3 is 2.39 bits per heavy atom. The van der Waals surface area contributed by atoms with Crippen LogP contribution >= 0.6 is 0 Å². The molecule has 1 heterocycles. The molecule has 0 aromatic heterocycles. The molecule has 0 saturated carbocycles. The highest BCUT2D eigenvalue weighted by Crippen LogP contribution is 2.32. The summed E-state index contributed by atoms with van der Waals surface area (Å²) in [4.78, 5) is 14.7. The van der Waals surface area contributed by atoms with Gasteiger partial charge in [0, 0.05) is 24.2 Å². The van der Waals surface area contributed by atoms with Gasteiger partial charge in [-0.05, 0) is 55.0 Å². The molecule has 150 valence electrons. The third-order valence-electron chi connectivity index (χ3n) is 5.08. The molecule has 2 aromatic rings. The number of hydrogen-bond acceptors (Lipinski definition) is 3. The fourth-order valence-electron chi connectivity index (χ4n) is 3.59. The van der Waals surface area contributed by atoms with E-state index in [0.29, 0.717) is 18.8 Å². The number of carbonyl (C=O) groups excluding carboxylic acids is 1. The van der Waals surface area contributed by atoms with Crippen molar-refractivity contribution in [1.29, 1.82) is 0 Å². The van der Waals surface area contributed by atoms with Gasteiger partial charge in [-0.25, -0.2) is 0 Å². The van der Waals surface area contributed by atoms with E-state index in [1.165, 1.54) is 0 Å². The first-order chi connectivity index (χ1) is 13.4. The van der Waals surface area contributed by atoms with Crippen molar-refractivity contribution in [3.05, 3.63) is 59.2 Å². The van der Waals surface area contributed by atoms with Gasteiger partial charge in [0.1, 0.15) is 18.1 Å². The van der Waals surface area contributed by atoms with E-state index in [0.717, 1.165) is 48.6 Å². The van der Waals surface area contributed by atoms with E-state index in [1.807, 2.05) is 48.2 Å². The lowest BCUT2D eigenvalue weighted by Crippen LogP contribution is -2.27. The lowest BCUT2D eigenvalue weighted by atomic mass is 9.86. The number of amides is 1. The van der Waals surface area contributed by atoms with E-state index in [2.05, 4.69) is 26.8 Å². The topological polar surface area (TPSA) is 38.8 Å². The molecule has 4 heteroatoms. The van der Waals surface area contributed by atoms with E-state index in [-0.39, 0.29) is 11.3 Å². The summed E-state index contributed by atoms with van der Waals surface area (Å²) in [6, 6.07) is 13.8. The van der Waals surface area contributed by atoms with Crippen molar-refractivity contribution in [1.82, 2.24) is 4.90 Å². The van der Waals surface area contributed by atoms with Crippen LogP contribution in [0.5, 0.6) is 11.5 Å². The normalized spacial score (nSPS) is 14.2. The minimum Gasteiger partial charge on any atom is -0.493 e. The summed E-state index contributed by atoms with van der Waals surface area (Å²) in [7, 11) is 0. The standard InChI is InChI=1S/C24H31NO3/c1-5-27-21-13-12-18(23(26)25-14-8-9-15-25)16-19(21)17-28-22-11-7-6-10-20(22)24(2,3)4/h6-7,10-13,16H,5,8-9,14-15,17H2,1-4H3. The van der Waals surface area contributed by atoms with Crippen LogP contribution in [0.25, 0.3) is 0 Å². The van der Waals surface area contributed by atoms with E-state index in [1.54, 1.807) is 0 Å². The second-order valence-corrected chi connectivity index (χ2v) is 8.29. The van der Waals surface area contributed by atoms with Crippen LogP contribution in [0.3, 0.4) is 0 Å². The molecule has 1 aliphatic heterocycles. The Balaban J connectivity index is 1.84. The summed E-state index contributed by atoms with van der Waals surface area (Å²) in [5.41, 5.74) is 2.76. The van der Waals surface area contributed by atoms with Crippen molar-refractivity contribution >= 4 is 5.91 Å². The number of para-hydroxylation sites is 1. The van der Waals surface area contributed by atoms with Gasteiger partial charge >= 0.3 is 0 Å². The van der Waals surface area contributed by atoms with Crippen LogP contribution in [0.15, 0.2) is 42.5 Å². The molecule has 4 nitrogen and oxygen atoms in total. The predicted octanol–water partition coefficient (Wildman–Crippen LogP) is 5.20. The maximum Gasteiger partial charge on any atom is 0.253 e. The molecular formula is C24H31NO3. The fourth-order valence-corrected chi connectivity index (χ4v) is 3.59. The Morgan fingerprint density at radius 2 is 1.71 bits per heavy atom. The van der Waals surface area contributed by atoms with Gasteiger partial charge in [-0.1, -0.05) is 39.0 Å². The molecule has 0 spiro atoms. The molecule has 0 aliphatic carbocycles. The maximum atomic E-state index is 12.8. The zero-order valence-corrected chi connectivity index (χ0v) is 17.5. The van der Waals surface area contributed by atoms with E-state index < -0.39 is 0 Å². The largest absolute Gasteiger partial charge is 0.493 e. The van der Waals surface area contributed by atoms with E-state index >= 15 is 0 Å². The van der Waals surface area contributed by atoms with Gasteiger partial charge in [-0.2, -0.15) is 0 Å². The van der Waals surface area contributed by atoms with Crippen molar-refractivity contribution in [3.63, 3.8) is 0 Å². The van der Waals surface area contributed by atoms with Crippen LogP contribution in [-0.4, -0.2) is 30.5 Å². The molecule has 1 fully saturated rings. The van der Waals surface area contributed by atoms with Crippen LogP contribution in [0.4, 0.5) is 0 Å². The third kappa shape index (κ3) is 4.67. The minimum atomic E-state index is -0.00703. The molecule has 0 bridgehead atoms. The third-order valence-corrected chi connectivity index (χ3v) is 5.08. The molecule has 1 saturated heterocycles. The SMILES string of the molecule is CCOc1ccc(C(=O)N2CCCC2)cc1COc1ccccc1C(C)(C)C. The van der Waals surface area contributed by atoms with Crippen LogP contribution in [0.1, 0.15) is 62.0 Å². The second kappa shape index (κ2) is 8.68. The van der Waals surface area contributed by atoms with Crippen molar-refractivity contribution in [2.24, 2.45) is 0 Å². The lowest BCUT2D eigenvalue weighted by Gasteiger charge is -2.23. The van der Waals surface area contributed by atoms with Gasteiger partial charge < -0.3 is 14.4 Å². The average Bonchev–Trinajstić information content (AvgIpc) is 3.21. The summed E-state index contributed by atoms with van der Waals surface area (Å²) in [5, 5.41) is 0. The zero-order chi connectivity index (χ0) is 20.1. The molecule has 1 aliphatic rings. The first kappa shape index (κ1) is 20.2. The molecule has 3 rings (SSSR count). The van der Waals surface area contributed by atoms with Crippen molar-refractivity contribution in [2.45, 2.75) is 52.6 Å². The molecule has 0 unspecified atom stereocenters. The van der Waals surface area contributed by atoms with Crippen molar-refractivity contribution in [3.8, 4) is 11.5 Å². The number of ether oxygens (including phenoxy) is 2. The highest BCUT2D eigenvalue weighted by molar-refractivity contribution is 5.94. The quantitative estimate of drug-likeness (QED) is 0.690. The molecule has 0 N–H and O–H groups in total. The summed E-state index contributed by atoms with van der Waals surface area (Å²) in [6.07, 6.45) is 2.17. The van der Waals surface area contributed by atoms with Crippen LogP contribution in [0.2, 0.25) is 0 Å². The van der Waals surface area contributed by atoms with Crippen LogP contribution in [-0.2, 0) is 12.0 Å². The Labute approximate surface area is 168 Å². The van der Waals surface area contributed by atoms with Gasteiger partial charge in [0.05, 0.1) is 6.61 Å². The highest BCUT2D eigenvalue weighted by Gasteiger charge is 2.22. The summed E-state index contributed by atoms with van der Waals surface area (Å²) in [5.74, 6) is 1.74. The molecule has 1 amide bonds. The molecular weight excluding hydrogens is 350 g/mol. The first-order valence-corrected chi connectivity index (χ1v) is 10.2. The smallest absolute Gasteiger partial charge is 0.253 e. The van der Waals surface area contributed by atoms with Gasteiger partial charge in [0.2, 0.25) is 0 Å².